The van der Waals surface area contributed by atoms with E-state index in [0.717, 1.165) is 0 Å². The van der Waals surface area contributed by atoms with Crippen molar-refractivity contribution in [3.63, 3.8) is 0 Å². The highest BCUT2D eigenvalue weighted by Gasteiger charge is 2.29. The second-order valence-corrected chi connectivity index (χ2v) is 4.00. The highest BCUT2D eigenvalue weighted by Crippen LogP contribution is 2.24. The van der Waals surface area contributed by atoms with Gasteiger partial charge in [-0.25, -0.2) is 4.79 Å². The van der Waals surface area contributed by atoms with Gasteiger partial charge in [0.1, 0.15) is 0 Å². The number of esters is 1. The van der Waals surface area contributed by atoms with Crippen molar-refractivity contribution in [2.75, 3.05) is 7.11 Å². The van der Waals surface area contributed by atoms with Crippen molar-refractivity contribution in [1.29, 1.82) is 0 Å². The van der Waals surface area contributed by atoms with Crippen molar-refractivity contribution >= 4 is 11.9 Å². The Kier molecular flexibility index (Phi) is 3.32. The molecule has 0 spiro atoms. The number of carboxylic acids is 1. The number of carbonyl (C=O) groups excluding carboxylic acids is 1. The van der Waals surface area contributed by atoms with E-state index in [2.05, 4.69) is 4.74 Å². The molecule has 1 aromatic carbocycles. The van der Waals surface area contributed by atoms with Gasteiger partial charge in [0.2, 0.25) is 0 Å². The van der Waals surface area contributed by atoms with E-state index in [1.54, 1.807) is 38.1 Å². The van der Waals surface area contributed by atoms with Crippen LogP contribution in [0.3, 0.4) is 0 Å². The number of hydrogen-bond donors (Lipinski definition) is 1. The average Bonchev–Trinajstić information content (AvgIpc) is 2.28. The summed E-state index contributed by atoms with van der Waals surface area (Å²) in [5, 5.41) is 9.07. The summed E-state index contributed by atoms with van der Waals surface area (Å²) in [7, 11) is 1.29. The molecular formula is C12H14O4. The van der Waals surface area contributed by atoms with Gasteiger partial charge in [-0.2, -0.15) is 0 Å². The fourth-order valence-corrected chi connectivity index (χ4v) is 1.28. The highest BCUT2D eigenvalue weighted by atomic mass is 16.5. The molecule has 0 atom stereocenters. The third-order valence-electron chi connectivity index (χ3n) is 2.54. The van der Waals surface area contributed by atoms with Gasteiger partial charge in [0.15, 0.2) is 0 Å². The Labute approximate surface area is 93.9 Å². The molecule has 1 N–H and O–H groups in total. The predicted octanol–water partition coefficient (Wildman–Crippen LogP) is 1.84. The molecule has 86 valence electrons. The number of aliphatic carboxylic acids is 1. The average molecular weight is 222 g/mol. The maximum atomic E-state index is 11.3. The Hall–Kier alpha value is -1.84. The molecule has 0 fully saturated rings. The molecule has 0 saturated heterocycles. The van der Waals surface area contributed by atoms with Crippen LogP contribution in [0.1, 0.15) is 29.8 Å². The summed E-state index contributed by atoms with van der Waals surface area (Å²) >= 11 is 0. The van der Waals surface area contributed by atoms with Gasteiger partial charge in [-0.05, 0) is 31.5 Å². The number of hydrogen-bond acceptors (Lipinski definition) is 3. The molecule has 4 heteroatoms. The van der Waals surface area contributed by atoms with Gasteiger partial charge in [0, 0.05) is 0 Å². The zero-order valence-electron chi connectivity index (χ0n) is 9.48. The van der Waals surface area contributed by atoms with E-state index in [9.17, 15) is 9.59 Å². The van der Waals surface area contributed by atoms with Gasteiger partial charge in [-0.1, -0.05) is 12.1 Å². The molecular weight excluding hydrogens is 208 g/mol. The van der Waals surface area contributed by atoms with Crippen molar-refractivity contribution in [3.8, 4) is 0 Å². The summed E-state index contributed by atoms with van der Waals surface area (Å²) in [4.78, 5) is 22.3. The van der Waals surface area contributed by atoms with Crippen molar-refractivity contribution < 1.29 is 19.4 Å². The lowest BCUT2D eigenvalue weighted by atomic mass is 9.84. The zero-order chi connectivity index (χ0) is 12.3. The van der Waals surface area contributed by atoms with Crippen LogP contribution in [-0.2, 0) is 14.9 Å². The summed E-state index contributed by atoms with van der Waals surface area (Å²) in [5.41, 5.74) is -0.0958. The second kappa shape index (κ2) is 4.35. The lowest BCUT2D eigenvalue weighted by Gasteiger charge is -2.19. The van der Waals surface area contributed by atoms with Crippen LogP contribution in [0.25, 0.3) is 0 Å². The van der Waals surface area contributed by atoms with Crippen LogP contribution in [0.4, 0.5) is 0 Å². The first kappa shape index (κ1) is 12.2. The van der Waals surface area contributed by atoms with Gasteiger partial charge in [0.05, 0.1) is 18.1 Å². The first-order valence-corrected chi connectivity index (χ1v) is 4.82. The van der Waals surface area contributed by atoms with Crippen molar-refractivity contribution in [2.45, 2.75) is 19.3 Å². The van der Waals surface area contributed by atoms with Gasteiger partial charge in [-0.3, -0.25) is 4.79 Å². The minimum atomic E-state index is -1.02. The summed E-state index contributed by atoms with van der Waals surface area (Å²) in [6.07, 6.45) is 0. The fourth-order valence-electron chi connectivity index (χ4n) is 1.28. The maximum Gasteiger partial charge on any atom is 0.337 e. The lowest BCUT2D eigenvalue weighted by Crippen LogP contribution is -2.28. The number of methoxy groups -OCH3 is 1. The second-order valence-electron chi connectivity index (χ2n) is 4.00. The van der Waals surface area contributed by atoms with Crippen LogP contribution in [-0.4, -0.2) is 24.2 Å². The Bertz CT molecular complexity index is 421. The Balaban J connectivity index is 3.17. The van der Waals surface area contributed by atoms with Crippen molar-refractivity contribution in [1.82, 2.24) is 0 Å². The number of rotatable bonds is 3. The summed E-state index contributed by atoms with van der Waals surface area (Å²) in [6.45, 7) is 3.18. The molecule has 0 saturated carbocycles. The molecule has 0 aliphatic rings. The topological polar surface area (TPSA) is 63.6 Å². The Morgan fingerprint density at radius 1 is 1.31 bits per heavy atom. The standard InChI is InChI=1S/C12H14O4/c1-12(2,11(14)15)9-6-4-5-8(7-9)10(13)16-3/h4-7H,1-3H3,(H,14,15). The van der Waals surface area contributed by atoms with Gasteiger partial charge in [0.25, 0.3) is 0 Å². The third kappa shape index (κ3) is 2.21. The largest absolute Gasteiger partial charge is 0.481 e. The summed E-state index contributed by atoms with van der Waals surface area (Å²) < 4.78 is 4.58. The number of ether oxygens (including phenoxy) is 1. The molecule has 0 unspecified atom stereocenters. The third-order valence-corrected chi connectivity index (χ3v) is 2.54. The molecule has 0 aliphatic carbocycles. The van der Waals surface area contributed by atoms with Gasteiger partial charge in [-0.15, -0.1) is 0 Å². The lowest BCUT2D eigenvalue weighted by molar-refractivity contribution is -0.142. The predicted molar refractivity (Wildman–Crippen MR) is 58.4 cm³/mol. The summed E-state index contributed by atoms with van der Waals surface area (Å²) in [5.74, 6) is -1.41. The molecule has 0 aliphatic heterocycles. The SMILES string of the molecule is COC(=O)c1cccc(C(C)(C)C(=O)O)c1. The first-order chi connectivity index (χ1) is 7.39. The van der Waals surface area contributed by atoms with Crippen LogP contribution in [0.15, 0.2) is 24.3 Å². The van der Waals surface area contributed by atoms with E-state index in [1.165, 1.54) is 7.11 Å². The highest BCUT2D eigenvalue weighted by molar-refractivity contribution is 5.90. The van der Waals surface area contributed by atoms with Crippen LogP contribution in [0.2, 0.25) is 0 Å². The monoisotopic (exact) mass is 222 g/mol. The Morgan fingerprint density at radius 3 is 2.44 bits per heavy atom. The summed E-state index contributed by atoms with van der Waals surface area (Å²) in [6, 6.07) is 6.46. The number of carboxylic acid groups (broad SMARTS) is 1. The molecule has 1 aromatic rings. The fraction of sp³-hybridized carbons (Fsp3) is 0.333. The van der Waals surface area contributed by atoms with E-state index in [1.807, 2.05) is 0 Å². The van der Waals surface area contributed by atoms with Crippen LogP contribution in [0.5, 0.6) is 0 Å². The van der Waals surface area contributed by atoms with E-state index >= 15 is 0 Å². The van der Waals surface area contributed by atoms with Crippen LogP contribution >= 0.6 is 0 Å². The molecule has 16 heavy (non-hydrogen) atoms. The minimum absolute atomic E-state index is 0.356. The molecule has 0 radical (unpaired) electrons. The molecule has 0 bridgehead atoms. The minimum Gasteiger partial charge on any atom is -0.481 e. The van der Waals surface area contributed by atoms with E-state index in [-0.39, 0.29) is 0 Å². The van der Waals surface area contributed by atoms with Crippen LogP contribution in [0, 0.1) is 0 Å². The van der Waals surface area contributed by atoms with E-state index < -0.39 is 17.4 Å². The number of carbonyl (C=O) groups is 2. The van der Waals surface area contributed by atoms with Crippen molar-refractivity contribution in [2.24, 2.45) is 0 Å². The van der Waals surface area contributed by atoms with Gasteiger partial charge >= 0.3 is 11.9 Å². The molecule has 0 amide bonds. The van der Waals surface area contributed by atoms with E-state index in [4.69, 9.17) is 5.11 Å². The first-order valence-electron chi connectivity index (χ1n) is 4.82. The van der Waals surface area contributed by atoms with Crippen LogP contribution < -0.4 is 0 Å². The normalized spacial score (nSPS) is 10.9. The quantitative estimate of drug-likeness (QED) is 0.792. The number of benzene rings is 1. The molecule has 0 heterocycles. The Morgan fingerprint density at radius 2 is 1.94 bits per heavy atom. The van der Waals surface area contributed by atoms with Gasteiger partial charge < -0.3 is 9.84 Å². The zero-order valence-corrected chi connectivity index (χ0v) is 9.48. The molecule has 1 rings (SSSR count). The maximum absolute atomic E-state index is 11.3. The van der Waals surface area contributed by atoms with Crippen molar-refractivity contribution in [3.05, 3.63) is 35.4 Å². The van der Waals surface area contributed by atoms with E-state index in [0.29, 0.717) is 11.1 Å². The molecule has 4 nitrogen and oxygen atoms in total. The smallest absolute Gasteiger partial charge is 0.337 e. The molecule has 0 aromatic heterocycles.